The Bertz CT molecular complexity index is 1370. The van der Waals surface area contributed by atoms with Crippen molar-refractivity contribution in [2.45, 2.75) is 23.9 Å². The van der Waals surface area contributed by atoms with E-state index in [0.29, 0.717) is 0 Å². The molecule has 0 atom stereocenters. The normalized spacial score (nSPS) is 10.8. The van der Waals surface area contributed by atoms with Crippen LogP contribution in [0.15, 0.2) is 96.8 Å². The maximum absolute atomic E-state index is 4.63. The van der Waals surface area contributed by atoms with E-state index in [1.165, 1.54) is 22.4 Å². The fourth-order valence-corrected chi connectivity index (χ4v) is 4.72. The lowest BCUT2D eigenvalue weighted by atomic mass is 10.1. The molecule has 0 spiro atoms. The van der Waals surface area contributed by atoms with Crippen LogP contribution in [-0.4, -0.2) is 33.6 Å². The summed E-state index contributed by atoms with van der Waals surface area (Å²) in [7, 11) is 4.11. The molecule has 3 heterocycles. The second-order valence-electron chi connectivity index (χ2n) is 8.44. The summed E-state index contributed by atoms with van der Waals surface area (Å²) in [5, 5.41) is 0.917. The molecule has 0 saturated heterocycles. The number of aromatic nitrogens is 5. The maximum Gasteiger partial charge on any atom is 0.173 e. The Morgan fingerprint density at radius 1 is 0.829 bits per heavy atom. The second-order valence-corrected chi connectivity index (χ2v) is 9.40. The number of anilines is 1. The lowest BCUT2D eigenvalue weighted by Gasteiger charge is -2.10. The van der Waals surface area contributed by atoms with Gasteiger partial charge < -0.3 is 26.4 Å². The van der Waals surface area contributed by atoms with Gasteiger partial charge in [-0.15, -0.1) is 0 Å². The van der Waals surface area contributed by atoms with Crippen LogP contribution < -0.4 is 26.4 Å². The van der Waals surface area contributed by atoms with Gasteiger partial charge in [0, 0.05) is 43.2 Å². The third-order valence-corrected chi connectivity index (χ3v) is 6.77. The van der Waals surface area contributed by atoms with E-state index in [1.54, 1.807) is 18.1 Å². The van der Waals surface area contributed by atoms with Gasteiger partial charge in [-0.1, -0.05) is 66.4 Å². The molecule has 2 aromatic carbocycles. The van der Waals surface area contributed by atoms with Crippen LogP contribution in [0.25, 0.3) is 11.2 Å². The smallest absolute Gasteiger partial charge is 0.173 e. The number of benzene rings is 2. The average Bonchev–Trinajstić information content (AvgIpc) is 3.28. The highest BCUT2D eigenvalue weighted by molar-refractivity contribution is 7.98. The van der Waals surface area contributed by atoms with Gasteiger partial charge in [0.15, 0.2) is 24.6 Å². The molecule has 0 fully saturated rings. The topological polar surface area (TPSA) is 50.7 Å². The molecule has 0 N–H and O–H groups in total. The molecule has 0 bridgehead atoms. The fourth-order valence-electron chi connectivity index (χ4n) is 3.82. The second kappa shape index (κ2) is 11.5. The van der Waals surface area contributed by atoms with Crippen LogP contribution >= 0.6 is 11.8 Å². The molecule has 35 heavy (non-hydrogen) atoms. The first-order chi connectivity index (χ1) is 16.7. The van der Waals surface area contributed by atoms with Gasteiger partial charge >= 0.3 is 0 Å². The van der Waals surface area contributed by atoms with Gasteiger partial charge in [0.1, 0.15) is 16.9 Å². The molecule has 0 aliphatic rings. The summed E-state index contributed by atoms with van der Waals surface area (Å²) in [6.45, 7) is 1.57. The average molecular weight is 548 g/mol. The van der Waals surface area contributed by atoms with Gasteiger partial charge in [0.25, 0.3) is 0 Å². The van der Waals surface area contributed by atoms with E-state index in [1.807, 2.05) is 12.4 Å². The van der Waals surface area contributed by atoms with E-state index >= 15 is 0 Å². The van der Waals surface area contributed by atoms with Crippen LogP contribution in [-0.2, 0) is 18.8 Å². The van der Waals surface area contributed by atoms with Crippen LogP contribution in [0.1, 0.15) is 16.7 Å². The van der Waals surface area contributed by atoms with Gasteiger partial charge in [-0.05, 0) is 11.1 Å². The lowest BCUT2D eigenvalue weighted by molar-refractivity contribution is -0.688. The minimum absolute atomic E-state index is 0. The molecule has 8 heteroatoms. The zero-order chi connectivity index (χ0) is 23.3. The third kappa shape index (κ3) is 6.07. The molecule has 5 rings (SSSR count). The highest BCUT2D eigenvalue weighted by atomic mass is 79.9. The molecule has 0 amide bonds. The van der Waals surface area contributed by atoms with E-state index in [0.717, 1.165) is 35.0 Å². The molecule has 0 aliphatic heterocycles. The van der Waals surface area contributed by atoms with E-state index in [-0.39, 0.29) is 17.0 Å². The van der Waals surface area contributed by atoms with Crippen molar-refractivity contribution < 1.29 is 21.5 Å². The Morgan fingerprint density at radius 3 is 2.26 bits per heavy atom. The number of hydrogen-bond donors (Lipinski definition) is 0. The minimum Gasteiger partial charge on any atom is -1.00 e. The maximum atomic E-state index is 4.63. The van der Waals surface area contributed by atoms with Crippen LogP contribution in [0.3, 0.4) is 0 Å². The van der Waals surface area contributed by atoms with Gasteiger partial charge in [-0.25, -0.2) is 19.5 Å². The van der Waals surface area contributed by atoms with Gasteiger partial charge in [0.05, 0.1) is 12.9 Å². The predicted octanol–water partition coefficient (Wildman–Crippen LogP) is 1.57. The number of rotatable bonds is 8. The summed E-state index contributed by atoms with van der Waals surface area (Å²) in [5.41, 5.74) is 6.68. The molecule has 5 aromatic rings. The van der Waals surface area contributed by atoms with E-state index < -0.39 is 0 Å². The van der Waals surface area contributed by atoms with Crippen LogP contribution in [0, 0.1) is 0 Å². The van der Waals surface area contributed by atoms with Crippen LogP contribution in [0.4, 0.5) is 5.69 Å². The van der Waals surface area contributed by atoms with Crippen molar-refractivity contribution in [2.24, 2.45) is 0 Å². The number of nitrogens with zero attached hydrogens (tertiary/aromatic N) is 6. The first-order valence-electron chi connectivity index (χ1n) is 11.2. The summed E-state index contributed by atoms with van der Waals surface area (Å²) in [6.07, 6.45) is 7.74. The van der Waals surface area contributed by atoms with Crippen molar-refractivity contribution in [1.82, 2.24) is 19.5 Å². The first kappa shape index (κ1) is 24.9. The Morgan fingerprint density at radius 2 is 1.54 bits per heavy atom. The Balaban J connectivity index is 0.00000289. The molecule has 3 aromatic heterocycles. The molecule has 6 nitrogen and oxygen atoms in total. The summed E-state index contributed by atoms with van der Waals surface area (Å²) in [4.78, 5) is 15.7. The molecular weight excluding hydrogens is 520 g/mol. The number of fused-ring (bicyclic) bond motifs is 1. The standard InChI is InChI=1S/C27H27N6S.BrH/c1-31(2)24-12-14-32(15-13-24)16-21-8-10-22(11-9-21)17-33-20-30-25-26(33)28-19-29-27(25)34-18-23-6-4-3-5-7-23;/h3-15,19-20H,16-18H2,1-2H3;1H/q+1;/p-1. The number of halogens is 1. The molecule has 0 aliphatic carbocycles. The number of pyridine rings is 1. The van der Waals surface area contributed by atoms with Crippen molar-refractivity contribution >= 4 is 28.6 Å². The molecule has 0 saturated carbocycles. The van der Waals surface area contributed by atoms with E-state index in [2.05, 4.69) is 116 Å². The fraction of sp³-hybridized carbons (Fsp3) is 0.185. The van der Waals surface area contributed by atoms with Crippen molar-refractivity contribution in [3.63, 3.8) is 0 Å². The van der Waals surface area contributed by atoms with Crippen molar-refractivity contribution in [3.8, 4) is 0 Å². The first-order valence-corrected chi connectivity index (χ1v) is 12.2. The van der Waals surface area contributed by atoms with Crippen LogP contribution in [0.2, 0.25) is 0 Å². The third-order valence-electron chi connectivity index (χ3n) is 5.72. The molecule has 178 valence electrons. The Hall–Kier alpha value is -3.23. The summed E-state index contributed by atoms with van der Waals surface area (Å²) >= 11 is 1.70. The van der Waals surface area contributed by atoms with E-state index in [4.69, 9.17) is 0 Å². The molecule has 0 unspecified atom stereocenters. The van der Waals surface area contributed by atoms with Crippen molar-refractivity contribution in [2.75, 3.05) is 19.0 Å². The number of imidazole rings is 1. The zero-order valence-electron chi connectivity index (χ0n) is 19.8. The highest BCUT2D eigenvalue weighted by Gasteiger charge is 2.12. The van der Waals surface area contributed by atoms with Crippen molar-refractivity contribution in [3.05, 3.63) is 108 Å². The quantitative estimate of drug-likeness (QED) is 0.168. The van der Waals surface area contributed by atoms with Gasteiger partial charge in [0.2, 0.25) is 0 Å². The number of thioether (sulfide) groups is 1. The SMILES string of the molecule is CN(C)c1cc[n+](Cc2ccc(Cn3cnc4c(SCc5ccccc5)ncnc43)cc2)cc1.[Br-]. The highest BCUT2D eigenvalue weighted by Crippen LogP contribution is 2.26. The molecular formula is C27H27BrN6S. The Kier molecular flexibility index (Phi) is 8.15. The Labute approximate surface area is 220 Å². The lowest BCUT2D eigenvalue weighted by Crippen LogP contribution is -3.00. The van der Waals surface area contributed by atoms with Crippen molar-refractivity contribution in [1.29, 1.82) is 0 Å². The van der Waals surface area contributed by atoms with Gasteiger partial charge in [-0.3, -0.25) is 0 Å². The predicted molar refractivity (Wildman–Crippen MR) is 137 cm³/mol. The zero-order valence-corrected chi connectivity index (χ0v) is 22.2. The summed E-state index contributed by atoms with van der Waals surface area (Å²) in [6, 6.07) is 23.4. The largest absolute Gasteiger partial charge is 1.00 e. The van der Waals surface area contributed by atoms with E-state index in [9.17, 15) is 0 Å². The minimum atomic E-state index is 0. The summed E-state index contributed by atoms with van der Waals surface area (Å²) in [5.74, 6) is 0.858. The molecule has 0 radical (unpaired) electrons. The van der Waals surface area contributed by atoms with Gasteiger partial charge in [-0.2, -0.15) is 0 Å². The van der Waals surface area contributed by atoms with Crippen LogP contribution in [0.5, 0.6) is 0 Å². The monoisotopic (exact) mass is 546 g/mol. The summed E-state index contributed by atoms with van der Waals surface area (Å²) < 4.78 is 4.28. The number of hydrogen-bond acceptors (Lipinski definition) is 5.